The van der Waals surface area contributed by atoms with Gasteiger partial charge in [0.25, 0.3) is 5.91 Å². The third-order valence-corrected chi connectivity index (χ3v) is 3.09. The maximum absolute atomic E-state index is 14.1. The van der Waals surface area contributed by atoms with Crippen molar-refractivity contribution in [1.29, 1.82) is 0 Å². The number of halogens is 2. The average molecular weight is 352 g/mol. The van der Waals surface area contributed by atoms with Crippen LogP contribution < -0.4 is 10.1 Å². The largest absolute Gasteiger partial charge is 0.456 e. The molecule has 0 aliphatic heterocycles. The van der Waals surface area contributed by atoms with Gasteiger partial charge in [0.15, 0.2) is 0 Å². The Hall–Kier alpha value is -1.88. The van der Waals surface area contributed by atoms with Gasteiger partial charge in [0.2, 0.25) is 0 Å². The second-order valence-corrected chi connectivity index (χ2v) is 5.72. The SMILES string of the molecule is CC(C)NC(=O)c1c(F)cc(Br)cc1Oc1ccccc1. The van der Waals surface area contributed by atoms with E-state index >= 15 is 0 Å². The Bertz CT molecular complexity index is 644. The van der Waals surface area contributed by atoms with Gasteiger partial charge in [-0.05, 0) is 38.1 Å². The third kappa shape index (κ3) is 4.04. The van der Waals surface area contributed by atoms with Crippen molar-refractivity contribution in [3.63, 3.8) is 0 Å². The van der Waals surface area contributed by atoms with Crippen LogP contribution in [-0.4, -0.2) is 11.9 Å². The Labute approximate surface area is 131 Å². The van der Waals surface area contributed by atoms with E-state index in [1.807, 2.05) is 19.9 Å². The molecule has 1 N–H and O–H groups in total. The van der Waals surface area contributed by atoms with Crippen molar-refractivity contribution in [3.8, 4) is 11.5 Å². The monoisotopic (exact) mass is 351 g/mol. The summed E-state index contributed by atoms with van der Waals surface area (Å²) in [6, 6.07) is 11.7. The standard InChI is InChI=1S/C16H15BrFNO2/c1-10(2)19-16(20)15-13(18)8-11(17)9-14(15)21-12-6-4-3-5-7-12/h3-10H,1-2H3,(H,19,20). The summed E-state index contributed by atoms with van der Waals surface area (Å²) in [6.45, 7) is 3.62. The molecule has 0 fully saturated rings. The predicted molar refractivity (Wildman–Crippen MR) is 83.2 cm³/mol. The number of carbonyl (C=O) groups is 1. The first kappa shape index (κ1) is 15.5. The van der Waals surface area contributed by atoms with Crippen molar-refractivity contribution in [2.45, 2.75) is 19.9 Å². The Morgan fingerprint density at radius 3 is 2.52 bits per heavy atom. The van der Waals surface area contributed by atoms with Crippen LogP contribution in [0.4, 0.5) is 4.39 Å². The number of benzene rings is 2. The summed E-state index contributed by atoms with van der Waals surface area (Å²) in [4.78, 5) is 12.2. The molecule has 0 aliphatic rings. The summed E-state index contributed by atoms with van der Waals surface area (Å²) >= 11 is 3.21. The summed E-state index contributed by atoms with van der Waals surface area (Å²) in [5.74, 6) is -0.422. The minimum Gasteiger partial charge on any atom is -0.456 e. The summed E-state index contributed by atoms with van der Waals surface area (Å²) in [5, 5.41) is 2.67. The Kier molecular flexibility index (Phi) is 4.96. The van der Waals surface area contributed by atoms with E-state index in [-0.39, 0.29) is 17.4 Å². The van der Waals surface area contributed by atoms with Crippen molar-refractivity contribution in [2.75, 3.05) is 0 Å². The first-order chi connectivity index (χ1) is 9.97. The molecule has 3 nitrogen and oxygen atoms in total. The van der Waals surface area contributed by atoms with Gasteiger partial charge in [0.1, 0.15) is 22.9 Å². The van der Waals surface area contributed by atoms with Crippen LogP contribution in [0.5, 0.6) is 11.5 Å². The fraction of sp³-hybridized carbons (Fsp3) is 0.188. The van der Waals surface area contributed by atoms with Crippen LogP contribution >= 0.6 is 15.9 Å². The van der Waals surface area contributed by atoms with Gasteiger partial charge in [0.05, 0.1) is 0 Å². The highest BCUT2D eigenvalue weighted by Crippen LogP contribution is 2.31. The molecule has 2 aromatic carbocycles. The van der Waals surface area contributed by atoms with E-state index in [4.69, 9.17) is 4.74 Å². The van der Waals surface area contributed by atoms with Crippen LogP contribution in [0.15, 0.2) is 46.9 Å². The molecule has 0 bridgehead atoms. The van der Waals surface area contributed by atoms with E-state index in [9.17, 15) is 9.18 Å². The maximum atomic E-state index is 14.1. The van der Waals surface area contributed by atoms with E-state index < -0.39 is 11.7 Å². The van der Waals surface area contributed by atoms with Crippen molar-refractivity contribution < 1.29 is 13.9 Å². The van der Waals surface area contributed by atoms with Gasteiger partial charge in [-0.25, -0.2) is 4.39 Å². The van der Waals surface area contributed by atoms with Gasteiger partial charge in [0, 0.05) is 10.5 Å². The number of nitrogens with one attached hydrogen (secondary N) is 1. The third-order valence-electron chi connectivity index (χ3n) is 2.64. The van der Waals surface area contributed by atoms with Crippen LogP contribution in [0.3, 0.4) is 0 Å². The van der Waals surface area contributed by atoms with Crippen LogP contribution in [-0.2, 0) is 0 Å². The topological polar surface area (TPSA) is 38.3 Å². The summed E-state index contributed by atoms with van der Waals surface area (Å²) in [7, 11) is 0. The number of amides is 1. The summed E-state index contributed by atoms with van der Waals surface area (Å²) < 4.78 is 20.3. The minimum absolute atomic E-state index is 0.0925. The van der Waals surface area contributed by atoms with Crippen LogP contribution in [0.2, 0.25) is 0 Å². The number of carbonyl (C=O) groups excluding carboxylic acids is 1. The zero-order valence-corrected chi connectivity index (χ0v) is 13.3. The first-order valence-electron chi connectivity index (χ1n) is 6.50. The lowest BCUT2D eigenvalue weighted by atomic mass is 10.1. The number of ether oxygens (including phenoxy) is 1. The molecule has 5 heteroatoms. The average Bonchev–Trinajstić information content (AvgIpc) is 2.37. The van der Waals surface area contributed by atoms with Gasteiger partial charge in [-0.2, -0.15) is 0 Å². The minimum atomic E-state index is -0.631. The fourth-order valence-corrected chi connectivity index (χ4v) is 2.21. The van der Waals surface area contributed by atoms with Crippen LogP contribution in [0, 0.1) is 5.82 Å². The van der Waals surface area contributed by atoms with Crippen molar-refractivity contribution >= 4 is 21.8 Å². The normalized spacial score (nSPS) is 10.5. The smallest absolute Gasteiger partial charge is 0.258 e. The molecule has 110 valence electrons. The molecule has 0 atom stereocenters. The maximum Gasteiger partial charge on any atom is 0.258 e. The molecule has 0 aromatic heterocycles. The molecule has 0 saturated carbocycles. The van der Waals surface area contributed by atoms with Crippen molar-refractivity contribution in [3.05, 3.63) is 58.3 Å². The highest BCUT2D eigenvalue weighted by atomic mass is 79.9. The number of hydrogen-bond acceptors (Lipinski definition) is 2. The zero-order valence-electron chi connectivity index (χ0n) is 11.7. The molecule has 0 unspecified atom stereocenters. The molecular formula is C16H15BrFNO2. The molecule has 2 rings (SSSR count). The molecule has 0 spiro atoms. The lowest BCUT2D eigenvalue weighted by molar-refractivity contribution is 0.0936. The fourth-order valence-electron chi connectivity index (χ4n) is 1.80. The van der Waals surface area contributed by atoms with Gasteiger partial charge in [-0.15, -0.1) is 0 Å². The Morgan fingerprint density at radius 1 is 1.24 bits per heavy atom. The van der Waals surface area contributed by atoms with E-state index in [0.717, 1.165) is 0 Å². The Morgan fingerprint density at radius 2 is 1.90 bits per heavy atom. The highest BCUT2D eigenvalue weighted by Gasteiger charge is 2.20. The van der Waals surface area contributed by atoms with Crippen LogP contribution in [0.25, 0.3) is 0 Å². The van der Waals surface area contributed by atoms with Gasteiger partial charge < -0.3 is 10.1 Å². The molecule has 0 aliphatic carbocycles. The molecule has 0 heterocycles. The van der Waals surface area contributed by atoms with Gasteiger partial charge in [-0.3, -0.25) is 4.79 Å². The molecule has 0 radical (unpaired) electrons. The molecule has 0 saturated heterocycles. The van der Waals surface area contributed by atoms with E-state index in [2.05, 4.69) is 21.2 Å². The van der Waals surface area contributed by atoms with Crippen LogP contribution in [0.1, 0.15) is 24.2 Å². The lowest BCUT2D eigenvalue weighted by Crippen LogP contribution is -2.31. The lowest BCUT2D eigenvalue weighted by Gasteiger charge is -2.14. The molecular weight excluding hydrogens is 337 g/mol. The predicted octanol–water partition coefficient (Wildman–Crippen LogP) is 4.52. The first-order valence-corrected chi connectivity index (χ1v) is 7.29. The molecule has 2 aromatic rings. The van der Waals surface area contributed by atoms with Gasteiger partial charge in [-0.1, -0.05) is 34.1 Å². The van der Waals surface area contributed by atoms with Crippen molar-refractivity contribution in [2.24, 2.45) is 0 Å². The molecule has 1 amide bonds. The highest BCUT2D eigenvalue weighted by molar-refractivity contribution is 9.10. The van der Waals surface area contributed by atoms with E-state index in [1.165, 1.54) is 6.07 Å². The number of rotatable bonds is 4. The van der Waals surface area contributed by atoms with E-state index in [1.54, 1.807) is 30.3 Å². The van der Waals surface area contributed by atoms with Crippen molar-refractivity contribution in [1.82, 2.24) is 5.32 Å². The summed E-state index contributed by atoms with van der Waals surface area (Å²) in [6.07, 6.45) is 0. The quantitative estimate of drug-likeness (QED) is 0.879. The summed E-state index contributed by atoms with van der Waals surface area (Å²) in [5.41, 5.74) is -0.101. The number of hydrogen-bond donors (Lipinski definition) is 1. The second kappa shape index (κ2) is 6.72. The number of para-hydroxylation sites is 1. The molecule has 21 heavy (non-hydrogen) atoms. The zero-order chi connectivity index (χ0) is 15.4. The van der Waals surface area contributed by atoms with Gasteiger partial charge >= 0.3 is 0 Å². The Balaban J connectivity index is 2.41. The second-order valence-electron chi connectivity index (χ2n) is 4.80. The van der Waals surface area contributed by atoms with E-state index in [0.29, 0.717) is 10.2 Å².